The van der Waals surface area contributed by atoms with Gasteiger partial charge in [0.05, 0.1) is 0 Å². The Morgan fingerprint density at radius 1 is 1.14 bits per heavy atom. The number of nitrogens with zero attached hydrogens (tertiary/aromatic N) is 1. The second kappa shape index (κ2) is 8.45. The quantitative estimate of drug-likeness (QED) is 0.839. The zero-order chi connectivity index (χ0) is 15.8. The number of hydrogen-bond acceptors (Lipinski definition) is 2. The second-order valence-electron chi connectivity index (χ2n) is 5.76. The van der Waals surface area contributed by atoms with Crippen LogP contribution in [0.1, 0.15) is 54.3 Å². The van der Waals surface area contributed by atoms with Gasteiger partial charge in [-0.3, -0.25) is 9.59 Å². The van der Waals surface area contributed by atoms with Gasteiger partial charge >= 0.3 is 0 Å². The molecule has 0 heterocycles. The average molecular weight is 290 g/mol. The van der Waals surface area contributed by atoms with Crippen LogP contribution in [-0.2, 0) is 0 Å². The zero-order valence-electron chi connectivity index (χ0n) is 13.5. The Labute approximate surface area is 127 Å². The van der Waals surface area contributed by atoms with Crippen molar-refractivity contribution in [2.75, 3.05) is 20.1 Å². The van der Waals surface area contributed by atoms with Crippen molar-refractivity contribution in [1.29, 1.82) is 0 Å². The first-order chi connectivity index (χ1) is 9.95. The predicted molar refractivity (Wildman–Crippen MR) is 85.5 cm³/mol. The fraction of sp³-hybridized carbons (Fsp3) is 0.529. The minimum absolute atomic E-state index is 0.00223. The van der Waals surface area contributed by atoms with Gasteiger partial charge in [-0.1, -0.05) is 27.2 Å². The van der Waals surface area contributed by atoms with Crippen molar-refractivity contribution in [2.45, 2.75) is 33.6 Å². The van der Waals surface area contributed by atoms with E-state index >= 15 is 0 Å². The molecule has 1 N–H and O–H groups in total. The Bertz CT molecular complexity index is 466. The van der Waals surface area contributed by atoms with Gasteiger partial charge < -0.3 is 10.2 Å². The molecule has 2 amide bonds. The molecule has 0 radical (unpaired) electrons. The zero-order valence-corrected chi connectivity index (χ0v) is 13.5. The maximum Gasteiger partial charge on any atom is 0.253 e. The van der Waals surface area contributed by atoms with Gasteiger partial charge in [-0.05, 0) is 36.6 Å². The highest BCUT2D eigenvalue weighted by atomic mass is 16.2. The number of rotatable bonds is 7. The first-order valence-electron chi connectivity index (χ1n) is 7.59. The molecule has 0 aliphatic carbocycles. The number of amides is 2. The normalized spacial score (nSPS) is 10.5. The summed E-state index contributed by atoms with van der Waals surface area (Å²) in [5.74, 6) is 0.321. The standard InChI is InChI=1S/C17H26N2O2/c1-5-6-11-19(4)17(21)15-9-7-14(8-10-15)16(20)18-12-13(2)3/h7-10,13H,5-6,11-12H2,1-4H3,(H,18,20). The molecule has 116 valence electrons. The molecule has 1 aromatic rings. The fourth-order valence-electron chi connectivity index (χ4n) is 1.88. The minimum atomic E-state index is -0.0953. The van der Waals surface area contributed by atoms with Gasteiger partial charge in [-0.25, -0.2) is 0 Å². The summed E-state index contributed by atoms with van der Waals surface area (Å²) in [4.78, 5) is 25.8. The Morgan fingerprint density at radius 3 is 2.24 bits per heavy atom. The minimum Gasteiger partial charge on any atom is -0.352 e. The molecule has 0 saturated heterocycles. The molecule has 0 aliphatic heterocycles. The highest BCUT2D eigenvalue weighted by Gasteiger charge is 2.12. The molecule has 0 saturated carbocycles. The van der Waals surface area contributed by atoms with Crippen LogP contribution in [0.3, 0.4) is 0 Å². The lowest BCUT2D eigenvalue weighted by atomic mass is 10.1. The number of hydrogen-bond donors (Lipinski definition) is 1. The molecule has 0 unspecified atom stereocenters. The smallest absolute Gasteiger partial charge is 0.253 e. The van der Waals surface area contributed by atoms with Gasteiger partial charge in [0.1, 0.15) is 0 Å². The van der Waals surface area contributed by atoms with Crippen LogP contribution in [0.15, 0.2) is 24.3 Å². The van der Waals surface area contributed by atoms with Crippen LogP contribution >= 0.6 is 0 Å². The third kappa shape index (κ3) is 5.58. The van der Waals surface area contributed by atoms with Crippen molar-refractivity contribution in [3.63, 3.8) is 0 Å². The fourth-order valence-corrected chi connectivity index (χ4v) is 1.88. The van der Waals surface area contributed by atoms with E-state index in [0.29, 0.717) is 23.6 Å². The maximum absolute atomic E-state index is 12.2. The Hall–Kier alpha value is -1.84. The topological polar surface area (TPSA) is 49.4 Å². The number of nitrogens with one attached hydrogen (secondary N) is 1. The van der Waals surface area contributed by atoms with Crippen LogP contribution < -0.4 is 5.32 Å². The summed E-state index contributed by atoms with van der Waals surface area (Å²) in [6.45, 7) is 7.61. The van der Waals surface area contributed by atoms with Gasteiger partial charge in [0, 0.05) is 31.3 Å². The number of carbonyl (C=O) groups excluding carboxylic acids is 2. The van der Waals surface area contributed by atoms with Crippen molar-refractivity contribution in [3.8, 4) is 0 Å². The first-order valence-corrected chi connectivity index (χ1v) is 7.59. The lowest BCUT2D eigenvalue weighted by Gasteiger charge is -2.16. The molecule has 0 atom stereocenters. The van der Waals surface area contributed by atoms with Gasteiger partial charge in [0.15, 0.2) is 0 Å². The molecule has 4 nitrogen and oxygen atoms in total. The SMILES string of the molecule is CCCCN(C)C(=O)c1ccc(C(=O)NCC(C)C)cc1. The average Bonchev–Trinajstić information content (AvgIpc) is 2.49. The van der Waals surface area contributed by atoms with Crippen LogP contribution in [0, 0.1) is 5.92 Å². The Morgan fingerprint density at radius 2 is 1.71 bits per heavy atom. The molecule has 21 heavy (non-hydrogen) atoms. The molecule has 4 heteroatoms. The number of carbonyl (C=O) groups is 2. The maximum atomic E-state index is 12.2. The van der Waals surface area contributed by atoms with E-state index in [2.05, 4.69) is 12.2 Å². The summed E-state index contributed by atoms with van der Waals surface area (Å²) in [5.41, 5.74) is 1.21. The molecule has 0 bridgehead atoms. The molecule has 0 fully saturated rings. The lowest BCUT2D eigenvalue weighted by molar-refractivity contribution is 0.0792. The molecule has 0 spiro atoms. The summed E-state index contributed by atoms with van der Waals surface area (Å²) in [6.07, 6.45) is 2.06. The third-order valence-corrected chi connectivity index (χ3v) is 3.26. The Kier molecular flexibility index (Phi) is 6.92. The molecular weight excluding hydrogens is 264 g/mol. The van der Waals surface area contributed by atoms with E-state index in [1.807, 2.05) is 13.8 Å². The van der Waals surface area contributed by atoms with Crippen molar-refractivity contribution >= 4 is 11.8 Å². The van der Waals surface area contributed by atoms with Crippen LogP contribution in [0.2, 0.25) is 0 Å². The van der Waals surface area contributed by atoms with Gasteiger partial charge in [0.2, 0.25) is 0 Å². The summed E-state index contributed by atoms with van der Waals surface area (Å²) in [5, 5.41) is 2.86. The third-order valence-electron chi connectivity index (χ3n) is 3.26. The molecule has 0 aliphatic rings. The Balaban J connectivity index is 2.64. The van der Waals surface area contributed by atoms with E-state index in [4.69, 9.17) is 0 Å². The monoisotopic (exact) mass is 290 g/mol. The summed E-state index contributed by atoms with van der Waals surface area (Å²) in [7, 11) is 1.81. The molecule has 1 aromatic carbocycles. The van der Waals surface area contributed by atoms with Gasteiger partial charge in [-0.15, -0.1) is 0 Å². The summed E-state index contributed by atoms with van der Waals surface area (Å²) in [6, 6.07) is 6.84. The molecule has 0 aromatic heterocycles. The first kappa shape index (κ1) is 17.2. The number of benzene rings is 1. The second-order valence-corrected chi connectivity index (χ2v) is 5.76. The van der Waals surface area contributed by atoms with Gasteiger partial charge in [0.25, 0.3) is 11.8 Å². The van der Waals surface area contributed by atoms with Crippen molar-refractivity contribution in [3.05, 3.63) is 35.4 Å². The van der Waals surface area contributed by atoms with E-state index in [1.54, 1.807) is 36.2 Å². The van der Waals surface area contributed by atoms with Gasteiger partial charge in [-0.2, -0.15) is 0 Å². The van der Waals surface area contributed by atoms with Crippen molar-refractivity contribution < 1.29 is 9.59 Å². The highest BCUT2D eigenvalue weighted by Crippen LogP contribution is 2.08. The van der Waals surface area contributed by atoms with E-state index in [9.17, 15) is 9.59 Å². The highest BCUT2D eigenvalue weighted by molar-refractivity contribution is 5.97. The van der Waals surface area contributed by atoms with Crippen LogP contribution in [0.25, 0.3) is 0 Å². The van der Waals surface area contributed by atoms with Crippen molar-refractivity contribution in [2.24, 2.45) is 5.92 Å². The van der Waals surface area contributed by atoms with E-state index in [1.165, 1.54) is 0 Å². The molecule has 1 rings (SSSR count). The van der Waals surface area contributed by atoms with E-state index in [-0.39, 0.29) is 11.8 Å². The summed E-state index contributed by atoms with van der Waals surface area (Å²) < 4.78 is 0. The van der Waals surface area contributed by atoms with Crippen LogP contribution in [-0.4, -0.2) is 36.9 Å². The lowest BCUT2D eigenvalue weighted by Crippen LogP contribution is -2.28. The van der Waals surface area contributed by atoms with Crippen LogP contribution in [0.5, 0.6) is 0 Å². The number of unbranched alkanes of at least 4 members (excludes halogenated alkanes) is 1. The van der Waals surface area contributed by atoms with Crippen molar-refractivity contribution in [1.82, 2.24) is 10.2 Å². The predicted octanol–water partition coefficient (Wildman–Crippen LogP) is 2.94. The summed E-state index contributed by atoms with van der Waals surface area (Å²) >= 11 is 0. The van der Waals surface area contributed by atoms with E-state index in [0.717, 1.165) is 19.4 Å². The van der Waals surface area contributed by atoms with E-state index < -0.39 is 0 Å². The molecular formula is C17H26N2O2. The largest absolute Gasteiger partial charge is 0.352 e. The van der Waals surface area contributed by atoms with Crippen LogP contribution in [0.4, 0.5) is 0 Å².